The smallest absolute Gasteiger partial charge is 0.220 e. The Morgan fingerprint density at radius 1 is 1.23 bits per heavy atom. The third-order valence-corrected chi connectivity index (χ3v) is 6.18. The lowest BCUT2D eigenvalue weighted by Gasteiger charge is -2.34. The van der Waals surface area contributed by atoms with Crippen molar-refractivity contribution in [3.05, 3.63) is 35.5 Å². The van der Waals surface area contributed by atoms with Gasteiger partial charge < -0.3 is 10.8 Å². The molecule has 3 N–H and O–H groups in total. The van der Waals surface area contributed by atoms with E-state index in [-0.39, 0.29) is 16.6 Å². The molecule has 4 rings (SSSR count). The van der Waals surface area contributed by atoms with Crippen molar-refractivity contribution >= 4 is 5.95 Å². The van der Waals surface area contributed by atoms with Crippen LogP contribution < -0.4 is 5.73 Å². The number of hydrogen-bond acceptors (Lipinski definition) is 4. The van der Waals surface area contributed by atoms with E-state index in [2.05, 4.69) is 30.7 Å². The molecule has 1 aromatic carbocycles. The van der Waals surface area contributed by atoms with Crippen LogP contribution in [-0.2, 0) is 5.41 Å². The molecule has 2 aliphatic rings. The molecule has 2 bridgehead atoms. The van der Waals surface area contributed by atoms with Gasteiger partial charge in [-0.3, -0.25) is 0 Å². The van der Waals surface area contributed by atoms with E-state index in [1.165, 1.54) is 5.56 Å². The summed E-state index contributed by atoms with van der Waals surface area (Å²) < 4.78 is 0. The summed E-state index contributed by atoms with van der Waals surface area (Å²) in [6.45, 7) is 6.96. The summed E-state index contributed by atoms with van der Waals surface area (Å²) in [7, 11) is 0. The predicted molar refractivity (Wildman–Crippen MR) is 86.7 cm³/mol. The molecule has 2 aromatic rings. The number of nitrogen functional groups attached to an aromatic ring is 1. The fraction of sp³-hybridized carbons (Fsp3) is 0.444. The normalized spacial score (nSPS) is 27.9. The monoisotopic (exact) mass is 295 g/mol. The van der Waals surface area contributed by atoms with E-state index in [0.717, 1.165) is 29.8 Å². The van der Waals surface area contributed by atoms with Crippen LogP contribution in [0.5, 0.6) is 5.75 Å². The van der Waals surface area contributed by atoms with Gasteiger partial charge in [0, 0.05) is 16.5 Å². The standard InChI is InChI=1S/C18H21N3O/c1-17(2)12-7-8-18(17,3)15-13(12)14(20-16(19)21-15)10-5-4-6-11(22)9-10/h4-6,9,12,22H,7-8H2,1-3H3,(H2,19,20,21). The molecule has 1 heterocycles. The van der Waals surface area contributed by atoms with Crippen LogP contribution in [0.1, 0.15) is 50.8 Å². The minimum atomic E-state index is 0.0512. The van der Waals surface area contributed by atoms with Crippen LogP contribution in [0.4, 0.5) is 5.95 Å². The highest BCUT2D eigenvalue weighted by atomic mass is 16.3. The first-order chi connectivity index (χ1) is 10.3. The number of phenols is 1. The Kier molecular flexibility index (Phi) is 2.47. The van der Waals surface area contributed by atoms with Crippen molar-refractivity contribution < 1.29 is 5.11 Å². The molecule has 1 aromatic heterocycles. The Labute approximate surface area is 130 Å². The first-order valence-electron chi connectivity index (χ1n) is 7.82. The maximum absolute atomic E-state index is 9.80. The first kappa shape index (κ1) is 13.6. The highest BCUT2D eigenvalue weighted by Gasteiger charge is 2.61. The lowest BCUT2D eigenvalue weighted by atomic mass is 9.70. The second-order valence-corrected chi connectivity index (χ2v) is 7.39. The van der Waals surface area contributed by atoms with Crippen LogP contribution >= 0.6 is 0 Å². The lowest BCUT2D eigenvalue weighted by Crippen LogP contribution is -2.32. The summed E-state index contributed by atoms with van der Waals surface area (Å²) in [6.07, 6.45) is 2.31. The molecule has 1 saturated carbocycles. The number of nitrogens with two attached hydrogens (primary N) is 1. The second kappa shape index (κ2) is 4.00. The van der Waals surface area contributed by atoms with Gasteiger partial charge in [-0.25, -0.2) is 9.97 Å². The predicted octanol–water partition coefficient (Wildman–Crippen LogP) is 3.61. The Balaban J connectivity index is 2.02. The highest BCUT2D eigenvalue weighted by Crippen LogP contribution is 2.68. The third-order valence-electron chi connectivity index (χ3n) is 6.18. The number of phenolic OH excluding ortho intramolecular Hbond substituents is 1. The zero-order valence-corrected chi connectivity index (χ0v) is 13.2. The molecule has 1 fully saturated rings. The highest BCUT2D eigenvalue weighted by molar-refractivity contribution is 5.70. The molecular weight excluding hydrogens is 274 g/mol. The van der Waals surface area contributed by atoms with Crippen molar-refractivity contribution in [1.82, 2.24) is 9.97 Å². The zero-order valence-electron chi connectivity index (χ0n) is 13.2. The summed E-state index contributed by atoms with van der Waals surface area (Å²) in [6, 6.07) is 7.24. The van der Waals surface area contributed by atoms with E-state index in [9.17, 15) is 5.11 Å². The first-order valence-corrected chi connectivity index (χ1v) is 7.82. The number of anilines is 1. The van der Waals surface area contributed by atoms with Crippen molar-refractivity contribution in [2.75, 3.05) is 5.73 Å². The Hall–Kier alpha value is -2.10. The molecule has 2 aliphatic carbocycles. The van der Waals surface area contributed by atoms with E-state index in [0.29, 0.717) is 11.9 Å². The summed E-state index contributed by atoms with van der Waals surface area (Å²) in [5.41, 5.74) is 10.4. The number of hydrogen-bond donors (Lipinski definition) is 2. The molecule has 0 aliphatic heterocycles. The topological polar surface area (TPSA) is 72.0 Å². The van der Waals surface area contributed by atoms with E-state index in [1.54, 1.807) is 12.1 Å². The quantitative estimate of drug-likeness (QED) is 0.843. The molecule has 0 amide bonds. The van der Waals surface area contributed by atoms with Crippen LogP contribution in [0.3, 0.4) is 0 Å². The van der Waals surface area contributed by atoms with E-state index < -0.39 is 0 Å². The Morgan fingerprint density at radius 2 is 2.00 bits per heavy atom. The van der Waals surface area contributed by atoms with Gasteiger partial charge >= 0.3 is 0 Å². The van der Waals surface area contributed by atoms with Gasteiger partial charge in [0.05, 0.1) is 11.4 Å². The molecule has 4 heteroatoms. The van der Waals surface area contributed by atoms with E-state index in [1.807, 2.05) is 12.1 Å². The van der Waals surface area contributed by atoms with E-state index >= 15 is 0 Å². The summed E-state index contributed by atoms with van der Waals surface area (Å²) >= 11 is 0. The zero-order chi connectivity index (χ0) is 15.7. The van der Waals surface area contributed by atoms with Gasteiger partial charge in [-0.1, -0.05) is 32.9 Å². The van der Waals surface area contributed by atoms with E-state index in [4.69, 9.17) is 5.73 Å². The van der Waals surface area contributed by atoms with Gasteiger partial charge in [0.2, 0.25) is 5.95 Å². The number of rotatable bonds is 1. The maximum atomic E-state index is 9.80. The average Bonchev–Trinajstić information content (AvgIpc) is 2.78. The van der Waals surface area contributed by atoms with Crippen LogP contribution in [-0.4, -0.2) is 15.1 Å². The fourth-order valence-corrected chi connectivity index (χ4v) is 4.54. The minimum Gasteiger partial charge on any atom is -0.508 e. The molecule has 2 atom stereocenters. The van der Waals surface area contributed by atoms with Crippen molar-refractivity contribution in [3.8, 4) is 17.0 Å². The molecule has 0 saturated heterocycles. The molecule has 0 spiro atoms. The molecule has 4 nitrogen and oxygen atoms in total. The van der Waals surface area contributed by atoms with Crippen LogP contribution in [0.25, 0.3) is 11.3 Å². The van der Waals surface area contributed by atoms with Gasteiger partial charge in [0.15, 0.2) is 0 Å². The van der Waals surface area contributed by atoms with Gasteiger partial charge in [-0.2, -0.15) is 0 Å². The number of nitrogens with zero attached hydrogens (tertiary/aromatic N) is 2. The Morgan fingerprint density at radius 3 is 2.73 bits per heavy atom. The fourth-order valence-electron chi connectivity index (χ4n) is 4.54. The summed E-state index contributed by atoms with van der Waals surface area (Å²) in [5.74, 6) is 1.02. The molecule has 22 heavy (non-hydrogen) atoms. The number of aromatic nitrogens is 2. The van der Waals surface area contributed by atoms with Gasteiger partial charge in [0.1, 0.15) is 5.75 Å². The van der Waals surface area contributed by atoms with Crippen LogP contribution in [0, 0.1) is 5.41 Å². The minimum absolute atomic E-state index is 0.0512. The number of benzene rings is 1. The second-order valence-electron chi connectivity index (χ2n) is 7.39. The van der Waals surface area contributed by atoms with Crippen LogP contribution in [0.15, 0.2) is 24.3 Å². The summed E-state index contributed by atoms with van der Waals surface area (Å²) in [5, 5.41) is 9.80. The maximum Gasteiger partial charge on any atom is 0.220 e. The van der Waals surface area contributed by atoms with Gasteiger partial charge in [-0.15, -0.1) is 0 Å². The third kappa shape index (κ3) is 1.47. The molecular formula is C18H21N3O. The van der Waals surface area contributed by atoms with Crippen molar-refractivity contribution in [1.29, 1.82) is 0 Å². The van der Waals surface area contributed by atoms with Crippen molar-refractivity contribution in [3.63, 3.8) is 0 Å². The summed E-state index contributed by atoms with van der Waals surface area (Å²) in [4.78, 5) is 9.14. The van der Waals surface area contributed by atoms with Crippen molar-refractivity contribution in [2.24, 2.45) is 5.41 Å². The number of aromatic hydroxyl groups is 1. The Bertz CT molecular complexity index is 784. The molecule has 114 valence electrons. The number of fused-ring (bicyclic) bond motifs is 5. The van der Waals surface area contributed by atoms with Gasteiger partial charge in [-0.05, 0) is 36.3 Å². The largest absolute Gasteiger partial charge is 0.508 e. The lowest BCUT2D eigenvalue weighted by molar-refractivity contribution is 0.227. The average molecular weight is 295 g/mol. The van der Waals surface area contributed by atoms with Crippen LogP contribution in [0.2, 0.25) is 0 Å². The van der Waals surface area contributed by atoms with Gasteiger partial charge in [0.25, 0.3) is 0 Å². The molecule has 0 radical (unpaired) electrons. The molecule has 2 unspecified atom stereocenters. The van der Waals surface area contributed by atoms with Crippen molar-refractivity contribution in [2.45, 2.75) is 44.9 Å². The SMILES string of the molecule is CC12CCC(c3c(-c4cccc(O)c4)nc(N)nc31)C2(C)C.